The van der Waals surface area contributed by atoms with E-state index >= 15 is 0 Å². The molecule has 3 atom stereocenters. The highest BCUT2D eigenvalue weighted by Gasteiger charge is 2.62. The molecule has 3 aliphatic rings. The van der Waals surface area contributed by atoms with Gasteiger partial charge in [-0.2, -0.15) is 0 Å². The number of anilines is 1. The van der Waals surface area contributed by atoms with Crippen LogP contribution in [0.25, 0.3) is 0 Å². The number of ether oxygens (including phenoxy) is 1. The third kappa shape index (κ3) is 2.53. The second-order valence-corrected chi connectivity index (χ2v) is 8.28. The molecule has 0 aliphatic carbocycles. The predicted molar refractivity (Wildman–Crippen MR) is 108 cm³/mol. The van der Waals surface area contributed by atoms with E-state index in [-0.39, 0.29) is 17.9 Å². The van der Waals surface area contributed by atoms with Crippen LogP contribution in [0.1, 0.15) is 18.0 Å². The number of amides is 2. The van der Waals surface area contributed by atoms with E-state index in [4.69, 9.17) is 4.74 Å². The molecule has 2 aromatic rings. The molecule has 0 saturated carbocycles. The Hall–Kier alpha value is -2.22. The Morgan fingerprint density at radius 3 is 2.36 bits per heavy atom. The Kier molecular flexibility index (Phi) is 4.26. The van der Waals surface area contributed by atoms with E-state index in [0.29, 0.717) is 5.69 Å². The van der Waals surface area contributed by atoms with Crippen LogP contribution in [0.15, 0.2) is 53.0 Å². The molecule has 0 bridgehead atoms. The molecule has 2 aromatic carbocycles. The first-order chi connectivity index (χ1) is 13.6. The number of hydrazine groups is 1. The van der Waals surface area contributed by atoms with Crippen molar-refractivity contribution in [2.75, 3.05) is 25.1 Å². The summed E-state index contributed by atoms with van der Waals surface area (Å²) in [5.74, 6) is 0.126. The van der Waals surface area contributed by atoms with E-state index < -0.39 is 12.0 Å². The molecule has 0 aromatic heterocycles. The lowest BCUT2D eigenvalue weighted by atomic mass is 9.90. The number of rotatable bonds is 3. The van der Waals surface area contributed by atoms with Gasteiger partial charge in [0, 0.05) is 17.6 Å². The summed E-state index contributed by atoms with van der Waals surface area (Å²) >= 11 is 3.44. The number of hydrogen-bond acceptors (Lipinski definition) is 5. The quantitative estimate of drug-likeness (QED) is 0.685. The summed E-state index contributed by atoms with van der Waals surface area (Å²) in [6, 6.07) is 14.6. The maximum atomic E-state index is 13.5. The summed E-state index contributed by atoms with van der Waals surface area (Å²) < 4.78 is 6.12. The maximum Gasteiger partial charge on any atom is 0.253 e. The standard InChI is InChI=1S/C21H20BrN3O3/c1-28-16-8-6-13(7-9-16)18-17-19(24-11-3-10-23(18)24)21(27)25(20(17)26)15-5-2-4-14(22)12-15/h2,4-9,12,17-19H,3,10-11H2,1H3. The summed E-state index contributed by atoms with van der Waals surface area (Å²) in [7, 11) is 1.64. The highest BCUT2D eigenvalue weighted by Crippen LogP contribution is 2.49. The molecule has 0 radical (unpaired) electrons. The minimum absolute atomic E-state index is 0.122. The fourth-order valence-corrected chi connectivity index (χ4v) is 5.17. The van der Waals surface area contributed by atoms with E-state index in [1.807, 2.05) is 48.5 Å². The third-order valence-electron chi connectivity index (χ3n) is 5.93. The average molecular weight is 442 g/mol. The summed E-state index contributed by atoms with van der Waals surface area (Å²) in [6.45, 7) is 1.67. The average Bonchev–Trinajstić information content (AvgIpc) is 3.34. The third-order valence-corrected chi connectivity index (χ3v) is 6.42. The number of nitrogens with zero attached hydrogens (tertiary/aromatic N) is 3. The molecule has 6 nitrogen and oxygen atoms in total. The first kappa shape index (κ1) is 17.8. The topological polar surface area (TPSA) is 53.1 Å². The Morgan fingerprint density at radius 2 is 1.68 bits per heavy atom. The predicted octanol–water partition coefficient (Wildman–Crippen LogP) is 2.99. The minimum atomic E-state index is -0.430. The van der Waals surface area contributed by atoms with E-state index in [9.17, 15) is 9.59 Å². The number of methoxy groups -OCH3 is 1. The highest BCUT2D eigenvalue weighted by molar-refractivity contribution is 9.10. The Bertz CT molecular complexity index is 948. The van der Waals surface area contributed by atoms with Crippen molar-refractivity contribution in [1.29, 1.82) is 0 Å². The molecule has 5 rings (SSSR count). The number of hydrogen-bond donors (Lipinski definition) is 0. The van der Waals surface area contributed by atoms with E-state index in [0.717, 1.165) is 35.3 Å². The van der Waals surface area contributed by atoms with Crippen LogP contribution in [-0.4, -0.2) is 48.1 Å². The van der Waals surface area contributed by atoms with Crippen LogP contribution in [0.5, 0.6) is 5.75 Å². The summed E-state index contributed by atoms with van der Waals surface area (Å²) in [5, 5.41) is 4.32. The van der Waals surface area contributed by atoms with Crippen LogP contribution in [0.2, 0.25) is 0 Å². The Morgan fingerprint density at radius 1 is 0.964 bits per heavy atom. The number of carbonyl (C=O) groups is 2. The van der Waals surface area contributed by atoms with Gasteiger partial charge in [0.25, 0.3) is 5.91 Å². The molecule has 28 heavy (non-hydrogen) atoms. The van der Waals surface area contributed by atoms with Crippen LogP contribution in [0.4, 0.5) is 5.69 Å². The van der Waals surface area contributed by atoms with E-state index in [1.165, 1.54) is 4.90 Å². The largest absolute Gasteiger partial charge is 0.497 e. The molecule has 0 N–H and O–H groups in total. The highest BCUT2D eigenvalue weighted by atomic mass is 79.9. The van der Waals surface area contributed by atoms with Gasteiger partial charge in [-0.1, -0.05) is 34.1 Å². The van der Waals surface area contributed by atoms with Crippen LogP contribution in [-0.2, 0) is 9.59 Å². The lowest BCUT2D eigenvalue weighted by Gasteiger charge is -2.29. The molecule has 7 heteroatoms. The lowest BCUT2D eigenvalue weighted by molar-refractivity contribution is -0.126. The molecule has 3 unspecified atom stereocenters. The van der Waals surface area contributed by atoms with Crippen molar-refractivity contribution < 1.29 is 14.3 Å². The lowest BCUT2D eigenvalue weighted by Crippen LogP contribution is -2.44. The second-order valence-electron chi connectivity index (χ2n) is 7.36. The molecule has 144 valence electrons. The van der Waals surface area contributed by atoms with Crippen LogP contribution < -0.4 is 9.64 Å². The molecular formula is C21H20BrN3O3. The van der Waals surface area contributed by atoms with Gasteiger partial charge in [-0.15, -0.1) is 0 Å². The monoisotopic (exact) mass is 441 g/mol. The first-order valence-electron chi connectivity index (χ1n) is 9.40. The van der Waals surface area contributed by atoms with Gasteiger partial charge in [-0.3, -0.25) is 9.59 Å². The van der Waals surface area contributed by atoms with Crippen molar-refractivity contribution in [1.82, 2.24) is 10.0 Å². The van der Waals surface area contributed by atoms with Gasteiger partial charge >= 0.3 is 0 Å². The molecule has 3 heterocycles. The Balaban J connectivity index is 1.56. The molecule has 0 spiro atoms. The summed E-state index contributed by atoms with van der Waals surface area (Å²) in [5.41, 5.74) is 1.66. The summed E-state index contributed by atoms with van der Waals surface area (Å²) in [4.78, 5) is 28.2. The minimum Gasteiger partial charge on any atom is -0.497 e. The van der Waals surface area contributed by atoms with Gasteiger partial charge < -0.3 is 4.74 Å². The zero-order chi connectivity index (χ0) is 19.4. The number of fused-ring (bicyclic) bond motifs is 3. The van der Waals surface area contributed by atoms with Gasteiger partial charge in [0.15, 0.2) is 0 Å². The number of imide groups is 1. The summed E-state index contributed by atoms with van der Waals surface area (Å²) in [6.07, 6.45) is 0.994. The van der Waals surface area contributed by atoms with Crippen molar-refractivity contribution in [2.45, 2.75) is 18.5 Å². The molecule has 3 aliphatic heterocycles. The van der Waals surface area contributed by atoms with Crippen LogP contribution in [0, 0.1) is 5.92 Å². The number of halogens is 1. The molecule has 3 fully saturated rings. The van der Waals surface area contributed by atoms with Gasteiger partial charge in [0.05, 0.1) is 24.8 Å². The first-order valence-corrected chi connectivity index (χ1v) is 10.2. The van der Waals surface area contributed by atoms with Crippen molar-refractivity contribution in [2.24, 2.45) is 5.92 Å². The molecule has 3 saturated heterocycles. The van der Waals surface area contributed by atoms with Crippen LogP contribution >= 0.6 is 15.9 Å². The van der Waals surface area contributed by atoms with Crippen molar-refractivity contribution in [3.63, 3.8) is 0 Å². The van der Waals surface area contributed by atoms with Crippen molar-refractivity contribution in [3.8, 4) is 5.75 Å². The van der Waals surface area contributed by atoms with E-state index in [1.54, 1.807) is 7.11 Å². The van der Waals surface area contributed by atoms with Crippen molar-refractivity contribution >= 4 is 33.4 Å². The van der Waals surface area contributed by atoms with E-state index in [2.05, 4.69) is 25.9 Å². The fraction of sp³-hybridized carbons (Fsp3) is 0.333. The van der Waals surface area contributed by atoms with Gasteiger partial charge in [-0.05, 0) is 42.3 Å². The van der Waals surface area contributed by atoms with Gasteiger partial charge in [-0.25, -0.2) is 14.9 Å². The SMILES string of the molecule is COc1ccc(C2C3C(=O)N(c4cccc(Br)c4)C(=O)C3N3CCCN23)cc1. The van der Waals surface area contributed by atoms with Crippen LogP contribution in [0.3, 0.4) is 0 Å². The zero-order valence-electron chi connectivity index (χ0n) is 15.4. The number of benzene rings is 2. The molecular weight excluding hydrogens is 422 g/mol. The number of carbonyl (C=O) groups excluding carboxylic acids is 2. The second kappa shape index (κ2) is 6.69. The molecule has 2 amide bonds. The smallest absolute Gasteiger partial charge is 0.253 e. The maximum absolute atomic E-state index is 13.5. The Labute approximate surface area is 171 Å². The van der Waals surface area contributed by atoms with Crippen molar-refractivity contribution in [3.05, 3.63) is 58.6 Å². The fourth-order valence-electron chi connectivity index (χ4n) is 4.78. The zero-order valence-corrected chi connectivity index (χ0v) is 17.0. The van der Waals surface area contributed by atoms with Gasteiger partial charge in [0.1, 0.15) is 11.8 Å². The normalized spacial score (nSPS) is 27.4. The van der Waals surface area contributed by atoms with Gasteiger partial charge in [0.2, 0.25) is 5.91 Å².